The Morgan fingerprint density at radius 3 is 1.60 bits per heavy atom. The fraction of sp³-hybridized carbons (Fsp3) is 0.368. The lowest BCUT2D eigenvalue weighted by molar-refractivity contribution is -0.00518. The van der Waals surface area contributed by atoms with E-state index in [1.807, 2.05) is 0 Å². The summed E-state index contributed by atoms with van der Waals surface area (Å²) in [6, 6.07) is 56.6. The third-order valence-electron chi connectivity index (χ3n) is 16.0. The highest BCUT2D eigenvalue weighted by Crippen LogP contribution is 2.61. The van der Waals surface area contributed by atoms with Crippen molar-refractivity contribution in [1.29, 1.82) is 0 Å². The number of rotatable bonds is 7. The average molecular weight is 758 g/mol. The Labute approximate surface area is 347 Å². The van der Waals surface area contributed by atoms with Crippen molar-refractivity contribution in [2.24, 2.45) is 17.8 Å². The van der Waals surface area contributed by atoms with Crippen LogP contribution in [0.1, 0.15) is 125 Å². The van der Waals surface area contributed by atoms with Crippen LogP contribution in [-0.2, 0) is 16.2 Å². The van der Waals surface area contributed by atoms with Gasteiger partial charge in [0.2, 0.25) is 0 Å². The number of benzene rings is 6. The second kappa shape index (κ2) is 14.1. The smallest absolute Gasteiger partial charge is 0.0468 e. The van der Waals surface area contributed by atoms with Crippen LogP contribution in [0.5, 0.6) is 0 Å². The first kappa shape index (κ1) is 36.2. The summed E-state index contributed by atoms with van der Waals surface area (Å²) in [7, 11) is 0. The molecule has 1 nitrogen and oxygen atoms in total. The second-order valence-corrected chi connectivity index (χ2v) is 19.8. The summed E-state index contributed by atoms with van der Waals surface area (Å²) < 4.78 is 0. The molecule has 12 rings (SSSR count). The van der Waals surface area contributed by atoms with Crippen LogP contribution in [0.4, 0.5) is 17.1 Å². The number of hydrogen-bond acceptors (Lipinski definition) is 1. The maximum absolute atomic E-state index is 2.55. The molecule has 0 aromatic heterocycles. The van der Waals surface area contributed by atoms with E-state index in [4.69, 9.17) is 0 Å². The van der Waals surface area contributed by atoms with E-state index in [1.165, 1.54) is 145 Å². The minimum atomic E-state index is -0.0800. The molecule has 6 aliphatic rings. The van der Waals surface area contributed by atoms with Gasteiger partial charge >= 0.3 is 0 Å². The molecular formula is C57H59N. The standard InChI is InChI=1S/C57H59N/c1-55(2)52-30-29-49(36-51(52)54-50(19-14-20-53(54)55)43-15-8-6-9-16-43)58(47-25-21-44(22-26-47)56-37-40-33-41(38-56)35-42(34-40)39-56)48-27-23-46(24-28-48)57(45-17-10-7-11-18-45)31-12-4-3-5-13-32-57/h6-11,14-30,36,40-42H,3-5,12-13,31-35,37-39H2,1-2H3. The van der Waals surface area contributed by atoms with Crippen molar-refractivity contribution in [2.75, 3.05) is 4.90 Å². The largest absolute Gasteiger partial charge is 0.310 e. The molecule has 6 aromatic rings. The first-order chi connectivity index (χ1) is 28.4. The van der Waals surface area contributed by atoms with Crippen molar-refractivity contribution < 1.29 is 0 Å². The van der Waals surface area contributed by atoms with Gasteiger partial charge in [-0.3, -0.25) is 0 Å². The normalized spacial score (nSPS) is 25.0. The van der Waals surface area contributed by atoms with Crippen LogP contribution < -0.4 is 4.90 Å². The Bertz CT molecular complexity index is 2380. The molecule has 5 fully saturated rings. The highest BCUT2D eigenvalue weighted by molar-refractivity contribution is 5.94. The van der Waals surface area contributed by atoms with Gasteiger partial charge in [-0.05, 0) is 161 Å². The predicted octanol–water partition coefficient (Wildman–Crippen LogP) is 15.6. The molecule has 4 bridgehead atoms. The highest BCUT2D eigenvalue weighted by Gasteiger charge is 2.51. The molecule has 0 unspecified atom stereocenters. The second-order valence-electron chi connectivity index (χ2n) is 19.8. The lowest BCUT2D eigenvalue weighted by Crippen LogP contribution is -2.48. The molecule has 6 aliphatic carbocycles. The molecule has 292 valence electrons. The fourth-order valence-electron chi connectivity index (χ4n) is 13.6. The summed E-state index contributed by atoms with van der Waals surface area (Å²) in [6.45, 7) is 4.81. The number of nitrogens with zero attached hydrogens (tertiary/aromatic N) is 1. The van der Waals surface area contributed by atoms with Crippen LogP contribution >= 0.6 is 0 Å². The lowest BCUT2D eigenvalue weighted by atomic mass is 9.48. The van der Waals surface area contributed by atoms with E-state index in [2.05, 4.69) is 164 Å². The Kier molecular flexibility index (Phi) is 8.83. The third-order valence-corrected chi connectivity index (χ3v) is 16.0. The van der Waals surface area contributed by atoms with Crippen molar-refractivity contribution in [2.45, 2.75) is 114 Å². The van der Waals surface area contributed by atoms with Gasteiger partial charge in [0.25, 0.3) is 0 Å². The van der Waals surface area contributed by atoms with Crippen molar-refractivity contribution >= 4 is 17.1 Å². The maximum atomic E-state index is 2.55. The van der Waals surface area contributed by atoms with Crippen LogP contribution in [0.15, 0.2) is 146 Å². The molecule has 58 heavy (non-hydrogen) atoms. The molecule has 0 heterocycles. The average Bonchev–Trinajstić information content (AvgIpc) is 3.47. The molecule has 0 amide bonds. The Morgan fingerprint density at radius 2 is 0.983 bits per heavy atom. The van der Waals surface area contributed by atoms with Gasteiger partial charge in [0, 0.05) is 27.9 Å². The number of fused-ring (bicyclic) bond motifs is 3. The summed E-state index contributed by atoms with van der Waals surface area (Å²) in [5.74, 6) is 2.83. The van der Waals surface area contributed by atoms with Crippen molar-refractivity contribution in [3.63, 3.8) is 0 Å². The van der Waals surface area contributed by atoms with Gasteiger partial charge in [-0.25, -0.2) is 0 Å². The van der Waals surface area contributed by atoms with Crippen LogP contribution in [-0.4, -0.2) is 0 Å². The zero-order valence-electron chi connectivity index (χ0n) is 34.7. The van der Waals surface area contributed by atoms with Gasteiger partial charge < -0.3 is 4.90 Å². The minimum absolute atomic E-state index is 0.0568. The molecular weight excluding hydrogens is 699 g/mol. The van der Waals surface area contributed by atoms with E-state index < -0.39 is 0 Å². The van der Waals surface area contributed by atoms with Crippen LogP contribution in [0, 0.1) is 17.8 Å². The molecule has 1 heteroatoms. The molecule has 0 spiro atoms. The summed E-state index contributed by atoms with van der Waals surface area (Å²) >= 11 is 0. The van der Waals surface area contributed by atoms with Crippen LogP contribution in [0.2, 0.25) is 0 Å². The third kappa shape index (κ3) is 5.93. The lowest BCUT2D eigenvalue weighted by Gasteiger charge is -2.57. The first-order valence-corrected chi connectivity index (χ1v) is 22.8. The molecule has 0 atom stereocenters. The SMILES string of the molecule is CC1(C)c2ccc(N(c3ccc(C45CC6CC(CC(C6)C4)C5)cc3)c3ccc(C4(c5ccccc5)CCCCCCC4)cc3)cc2-c2c(-c3ccccc3)cccc21. The molecule has 6 aromatic carbocycles. The first-order valence-electron chi connectivity index (χ1n) is 22.8. The van der Waals surface area contributed by atoms with Gasteiger partial charge in [0.1, 0.15) is 0 Å². The summed E-state index contributed by atoms with van der Waals surface area (Å²) in [4.78, 5) is 2.55. The summed E-state index contributed by atoms with van der Waals surface area (Å²) in [6.07, 6.45) is 17.7. The molecule has 0 aliphatic heterocycles. The Balaban J connectivity index is 1.04. The minimum Gasteiger partial charge on any atom is -0.310 e. The highest BCUT2D eigenvalue weighted by atomic mass is 15.1. The van der Waals surface area contributed by atoms with Crippen LogP contribution in [0.3, 0.4) is 0 Å². The van der Waals surface area contributed by atoms with Crippen molar-refractivity contribution in [3.05, 3.63) is 173 Å². The van der Waals surface area contributed by atoms with Crippen molar-refractivity contribution in [3.8, 4) is 22.3 Å². The predicted molar refractivity (Wildman–Crippen MR) is 244 cm³/mol. The van der Waals surface area contributed by atoms with Crippen LogP contribution in [0.25, 0.3) is 22.3 Å². The molecule has 0 saturated heterocycles. The van der Waals surface area contributed by atoms with E-state index in [1.54, 1.807) is 5.56 Å². The maximum Gasteiger partial charge on any atom is 0.0468 e. The number of anilines is 3. The zero-order valence-corrected chi connectivity index (χ0v) is 34.7. The monoisotopic (exact) mass is 757 g/mol. The van der Waals surface area contributed by atoms with E-state index >= 15 is 0 Å². The van der Waals surface area contributed by atoms with Gasteiger partial charge in [0.15, 0.2) is 0 Å². The molecule has 0 N–H and O–H groups in total. The topological polar surface area (TPSA) is 3.24 Å². The van der Waals surface area contributed by atoms with E-state index in [9.17, 15) is 0 Å². The molecule has 5 saturated carbocycles. The van der Waals surface area contributed by atoms with Crippen molar-refractivity contribution in [1.82, 2.24) is 0 Å². The molecule has 0 radical (unpaired) electrons. The Hall–Kier alpha value is -4.88. The zero-order chi connectivity index (χ0) is 38.9. The summed E-state index contributed by atoms with van der Waals surface area (Å²) in [5, 5.41) is 0. The quantitative estimate of drug-likeness (QED) is 0.157. The van der Waals surface area contributed by atoms with Gasteiger partial charge in [-0.2, -0.15) is 0 Å². The van der Waals surface area contributed by atoms with Gasteiger partial charge in [-0.1, -0.05) is 155 Å². The number of hydrogen-bond donors (Lipinski definition) is 0. The Morgan fingerprint density at radius 1 is 0.448 bits per heavy atom. The fourth-order valence-corrected chi connectivity index (χ4v) is 13.6. The van der Waals surface area contributed by atoms with E-state index in [0.29, 0.717) is 5.41 Å². The summed E-state index contributed by atoms with van der Waals surface area (Å²) in [5.41, 5.74) is 16.8. The van der Waals surface area contributed by atoms with E-state index in [0.717, 1.165) is 17.8 Å². The van der Waals surface area contributed by atoms with Gasteiger partial charge in [0.05, 0.1) is 0 Å². The van der Waals surface area contributed by atoms with Gasteiger partial charge in [-0.15, -0.1) is 0 Å². The van der Waals surface area contributed by atoms with E-state index in [-0.39, 0.29) is 10.8 Å².